The number of hydrogen-bond acceptors (Lipinski definition) is 6. The van der Waals surface area contributed by atoms with Crippen LogP contribution in [-0.2, 0) is 24.9 Å². The molecule has 7 nitrogen and oxygen atoms in total. The lowest BCUT2D eigenvalue weighted by molar-refractivity contribution is 0.120. The first-order valence-electron chi connectivity index (χ1n) is 9.44. The Bertz CT molecular complexity index is 885. The molecule has 0 radical (unpaired) electrons. The minimum atomic E-state index is 0.285. The van der Waals surface area contributed by atoms with E-state index in [1.165, 1.54) is 0 Å². The third-order valence-corrected chi connectivity index (χ3v) is 4.96. The van der Waals surface area contributed by atoms with Crippen molar-refractivity contribution in [2.24, 2.45) is 7.05 Å². The van der Waals surface area contributed by atoms with Crippen LogP contribution < -0.4 is 5.32 Å². The van der Waals surface area contributed by atoms with E-state index in [1.54, 1.807) is 0 Å². The van der Waals surface area contributed by atoms with Gasteiger partial charge in [-0.25, -0.2) is 15.0 Å². The van der Waals surface area contributed by atoms with Gasteiger partial charge in [-0.05, 0) is 32.0 Å². The zero-order chi connectivity index (χ0) is 18.6. The number of imidazole rings is 1. The molecule has 2 aromatic heterocycles. The molecule has 1 aliphatic heterocycles. The number of benzene rings is 1. The van der Waals surface area contributed by atoms with E-state index in [0.29, 0.717) is 5.95 Å². The Kier molecular flexibility index (Phi) is 5.31. The standard InChI is InChI=1S/C20H26N6O/c1-25(14-19-24-17-7-3-4-8-18(17)26(19)2)13-15-10-21-20(22-11-15)23-12-16-6-5-9-27-16/h3-4,7-8,10-11,16H,5-6,9,12-14H2,1-2H3,(H,21,22,23)/t16-/m1/s1. The molecule has 1 saturated heterocycles. The lowest BCUT2D eigenvalue weighted by Crippen LogP contribution is -2.21. The van der Waals surface area contributed by atoms with Crippen LogP contribution in [0, 0.1) is 0 Å². The van der Waals surface area contributed by atoms with E-state index >= 15 is 0 Å². The van der Waals surface area contributed by atoms with Gasteiger partial charge >= 0.3 is 0 Å². The average molecular weight is 366 g/mol. The van der Waals surface area contributed by atoms with Gasteiger partial charge in [0.25, 0.3) is 0 Å². The summed E-state index contributed by atoms with van der Waals surface area (Å²) in [7, 11) is 4.15. The number of nitrogens with one attached hydrogen (secondary N) is 1. The molecule has 27 heavy (non-hydrogen) atoms. The SMILES string of the molecule is CN(Cc1cnc(NC[C@H]2CCCO2)nc1)Cc1nc2ccccc2n1C. The van der Waals surface area contributed by atoms with Crippen LogP contribution in [0.3, 0.4) is 0 Å². The minimum absolute atomic E-state index is 0.285. The molecule has 0 spiro atoms. The number of hydrogen-bond donors (Lipinski definition) is 1. The number of aromatic nitrogens is 4. The van der Waals surface area contributed by atoms with Crippen LogP contribution in [0.5, 0.6) is 0 Å². The van der Waals surface area contributed by atoms with Crippen molar-refractivity contribution in [3.05, 3.63) is 48.0 Å². The topological polar surface area (TPSA) is 68.1 Å². The fourth-order valence-corrected chi connectivity index (χ4v) is 3.48. The fraction of sp³-hybridized carbons (Fsp3) is 0.450. The number of aryl methyl sites for hydroxylation is 1. The smallest absolute Gasteiger partial charge is 0.222 e. The predicted molar refractivity (Wildman–Crippen MR) is 105 cm³/mol. The van der Waals surface area contributed by atoms with E-state index in [4.69, 9.17) is 9.72 Å². The maximum Gasteiger partial charge on any atom is 0.222 e. The van der Waals surface area contributed by atoms with Gasteiger partial charge in [0.05, 0.1) is 23.7 Å². The van der Waals surface area contributed by atoms with E-state index < -0.39 is 0 Å². The highest BCUT2D eigenvalue weighted by Crippen LogP contribution is 2.16. The van der Waals surface area contributed by atoms with E-state index in [9.17, 15) is 0 Å². The summed E-state index contributed by atoms with van der Waals surface area (Å²) in [5, 5.41) is 3.26. The molecule has 1 fully saturated rings. The molecule has 0 unspecified atom stereocenters. The predicted octanol–water partition coefficient (Wildman–Crippen LogP) is 2.59. The van der Waals surface area contributed by atoms with Crippen LogP contribution >= 0.6 is 0 Å². The molecule has 0 amide bonds. The van der Waals surface area contributed by atoms with Crippen molar-refractivity contribution in [1.82, 2.24) is 24.4 Å². The molecular formula is C20H26N6O. The lowest BCUT2D eigenvalue weighted by Gasteiger charge is -2.16. The summed E-state index contributed by atoms with van der Waals surface area (Å²) in [5.41, 5.74) is 3.28. The second kappa shape index (κ2) is 8.02. The Morgan fingerprint density at radius 1 is 1.22 bits per heavy atom. The van der Waals surface area contributed by atoms with Crippen LogP contribution in [0.4, 0.5) is 5.95 Å². The van der Waals surface area contributed by atoms with Crippen LogP contribution in [-0.4, -0.2) is 50.7 Å². The van der Waals surface area contributed by atoms with E-state index in [1.807, 2.05) is 24.5 Å². The zero-order valence-corrected chi connectivity index (χ0v) is 15.9. The van der Waals surface area contributed by atoms with Gasteiger partial charge in [0, 0.05) is 44.7 Å². The van der Waals surface area contributed by atoms with Gasteiger partial charge in [-0.15, -0.1) is 0 Å². The number of para-hydroxylation sites is 2. The highest BCUT2D eigenvalue weighted by atomic mass is 16.5. The van der Waals surface area contributed by atoms with Crippen LogP contribution in [0.15, 0.2) is 36.7 Å². The molecular weight excluding hydrogens is 340 g/mol. The molecule has 7 heteroatoms. The second-order valence-electron chi connectivity index (χ2n) is 7.18. The molecule has 1 aliphatic rings. The molecule has 1 aromatic carbocycles. The molecule has 142 valence electrons. The van der Waals surface area contributed by atoms with Crippen molar-refractivity contribution < 1.29 is 4.74 Å². The van der Waals surface area contributed by atoms with Gasteiger partial charge in [-0.1, -0.05) is 12.1 Å². The summed E-state index contributed by atoms with van der Waals surface area (Å²) in [5.74, 6) is 1.71. The molecule has 0 aliphatic carbocycles. The van der Waals surface area contributed by atoms with Crippen molar-refractivity contribution in [2.75, 3.05) is 25.5 Å². The van der Waals surface area contributed by atoms with Crippen molar-refractivity contribution in [2.45, 2.75) is 32.0 Å². The normalized spacial score (nSPS) is 17.1. The number of ether oxygens (including phenoxy) is 1. The van der Waals surface area contributed by atoms with Gasteiger partial charge in [-0.3, -0.25) is 4.90 Å². The van der Waals surface area contributed by atoms with Crippen LogP contribution in [0.1, 0.15) is 24.2 Å². The first-order valence-corrected chi connectivity index (χ1v) is 9.44. The Morgan fingerprint density at radius 3 is 2.78 bits per heavy atom. The van der Waals surface area contributed by atoms with Gasteiger partial charge < -0.3 is 14.6 Å². The highest BCUT2D eigenvalue weighted by molar-refractivity contribution is 5.75. The van der Waals surface area contributed by atoms with Crippen molar-refractivity contribution in [3.8, 4) is 0 Å². The van der Waals surface area contributed by atoms with Gasteiger partial charge in [0.2, 0.25) is 5.95 Å². The summed E-state index contributed by atoms with van der Waals surface area (Å²) in [6, 6.07) is 8.22. The monoisotopic (exact) mass is 366 g/mol. The largest absolute Gasteiger partial charge is 0.376 e. The minimum Gasteiger partial charge on any atom is -0.376 e. The Labute approximate surface area is 159 Å². The van der Waals surface area contributed by atoms with Crippen molar-refractivity contribution >= 4 is 17.0 Å². The summed E-state index contributed by atoms with van der Waals surface area (Å²) in [6.45, 7) is 3.18. The third-order valence-electron chi connectivity index (χ3n) is 4.96. The molecule has 3 heterocycles. The Morgan fingerprint density at radius 2 is 2.04 bits per heavy atom. The first-order chi connectivity index (χ1) is 13.2. The summed E-state index contributed by atoms with van der Waals surface area (Å²) >= 11 is 0. The average Bonchev–Trinajstić information content (AvgIpc) is 3.30. The fourth-order valence-electron chi connectivity index (χ4n) is 3.48. The number of anilines is 1. The first kappa shape index (κ1) is 17.9. The van der Waals surface area contributed by atoms with E-state index in [0.717, 1.165) is 61.5 Å². The molecule has 1 N–H and O–H groups in total. The van der Waals surface area contributed by atoms with E-state index in [2.05, 4.69) is 51.0 Å². The summed E-state index contributed by atoms with van der Waals surface area (Å²) in [4.78, 5) is 15.8. The number of fused-ring (bicyclic) bond motifs is 1. The lowest BCUT2D eigenvalue weighted by atomic mass is 10.2. The molecule has 3 aromatic rings. The van der Waals surface area contributed by atoms with Crippen molar-refractivity contribution in [1.29, 1.82) is 0 Å². The van der Waals surface area contributed by atoms with E-state index in [-0.39, 0.29) is 6.10 Å². The Balaban J connectivity index is 1.33. The molecule has 0 saturated carbocycles. The number of nitrogens with zero attached hydrogens (tertiary/aromatic N) is 5. The third kappa shape index (κ3) is 4.26. The Hall–Kier alpha value is -2.51. The van der Waals surface area contributed by atoms with Gasteiger partial charge in [0.15, 0.2) is 0 Å². The molecule has 4 rings (SSSR count). The molecule has 1 atom stereocenters. The molecule has 0 bridgehead atoms. The maximum absolute atomic E-state index is 5.61. The quantitative estimate of drug-likeness (QED) is 0.693. The van der Waals surface area contributed by atoms with Crippen molar-refractivity contribution in [3.63, 3.8) is 0 Å². The summed E-state index contributed by atoms with van der Waals surface area (Å²) < 4.78 is 7.76. The van der Waals surface area contributed by atoms with Gasteiger partial charge in [0.1, 0.15) is 5.82 Å². The summed E-state index contributed by atoms with van der Waals surface area (Å²) in [6.07, 6.45) is 6.31. The zero-order valence-electron chi connectivity index (χ0n) is 15.9. The van der Waals surface area contributed by atoms with Gasteiger partial charge in [-0.2, -0.15) is 0 Å². The van der Waals surface area contributed by atoms with Crippen LogP contribution in [0.25, 0.3) is 11.0 Å². The maximum atomic E-state index is 5.61. The number of rotatable bonds is 7. The highest BCUT2D eigenvalue weighted by Gasteiger charge is 2.15. The second-order valence-corrected chi connectivity index (χ2v) is 7.18. The van der Waals surface area contributed by atoms with Crippen LogP contribution in [0.2, 0.25) is 0 Å².